The number of nitrogens with zero attached hydrogens (tertiary/aromatic N) is 7. The van der Waals surface area contributed by atoms with E-state index in [2.05, 4.69) is 37.5 Å². The molecule has 3 aromatic rings. The Morgan fingerprint density at radius 1 is 1.20 bits per heavy atom. The Morgan fingerprint density at radius 2 is 2.03 bits per heavy atom. The molecule has 1 saturated heterocycles. The third-order valence-corrected chi connectivity index (χ3v) is 6.23. The van der Waals surface area contributed by atoms with Gasteiger partial charge in [-0.3, -0.25) is 14.5 Å². The Labute approximate surface area is 205 Å². The lowest BCUT2D eigenvalue weighted by atomic mass is 9.99. The summed E-state index contributed by atoms with van der Waals surface area (Å²) in [6.45, 7) is 5.89. The van der Waals surface area contributed by atoms with Crippen molar-refractivity contribution in [2.24, 2.45) is 5.73 Å². The van der Waals surface area contributed by atoms with E-state index in [4.69, 9.17) is 10.7 Å². The van der Waals surface area contributed by atoms with Crippen LogP contribution in [0.3, 0.4) is 0 Å². The van der Waals surface area contributed by atoms with E-state index in [1.807, 2.05) is 42.9 Å². The van der Waals surface area contributed by atoms with Crippen LogP contribution in [0.2, 0.25) is 0 Å². The smallest absolute Gasteiger partial charge is 0.253 e. The Hall–Kier alpha value is -3.73. The largest absolute Gasteiger partial charge is 0.363 e. The Balaban J connectivity index is 1.48. The van der Waals surface area contributed by atoms with Gasteiger partial charge in [-0.05, 0) is 38.8 Å². The van der Waals surface area contributed by atoms with Crippen LogP contribution in [0, 0.1) is 0 Å². The molecule has 4 N–H and O–H groups in total. The van der Waals surface area contributed by atoms with E-state index in [1.54, 1.807) is 24.7 Å². The van der Waals surface area contributed by atoms with Crippen LogP contribution >= 0.6 is 0 Å². The minimum absolute atomic E-state index is 0.0117. The van der Waals surface area contributed by atoms with Gasteiger partial charge in [0, 0.05) is 58.2 Å². The number of nitrogens with two attached hydrogens (primary N) is 1. The predicted molar refractivity (Wildman–Crippen MR) is 137 cm³/mol. The van der Waals surface area contributed by atoms with Gasteiger partial charge in [0.05, 0.1) is 29.3 Å². The fraction of sp³-hybridized carbons (Fsp3) is 0.458. The highest BCUT2D eigenvalue weighted by atomic mass is 16.1. The first-order valence-electron chi connectivity index (χ1n) is 11.9. The van der Waals surface area contributed by atoms with Crippen LogP contribution in [-0.4, -0.2) is 63.4 Å². The number of rotatable bonds is 8. The molecule has 4 heterocycles. The van der Waals surface area contributed by atoms with Crippen LogP contribution in [0.15, 0.2) is 36.9 Å². The fourth-order valence-electron chi connectivity index (χ4n) is 4.13. The number of aryl methyl sites for hydroxylation is 1. The van der Waals surface area contributed by atoms with Crippen molar-refractivity contribution in [3.05, 3.63) is 48.2 Å². The minimum atomic E-state index is -0.123. The van der Waals surface area contributed by atoms with Crippen LogP contribution < -0.4 is 26.2 Å². The molecule has 0 unspecified atom stereocenters. The molecule has 1 aliphatic rings. The average Bonchev–Trinajstić information content (AvgIpc) is 3.32. The summed E-state index contributed by atoms with van der Waals surface area (Å²) in [4.78, 5) is 30.7. The molecule has 0 aromatic carbocycles. The summed E-state index contributed by atoms with van der Waals surface area (Å²) in [6, 6.07) is 3.90. The number of amides is 1. The predicted octanol–water partition coefficient (Wildman–Crippen LogP) is 2.14. The van der Waals surface area contributed by atoms with Gasteiger partial charge in [-0.2, -0.15) is 5.10 Å². The van der Waals surface area contributed by atoms with Crippen molar-refractivity contribution in [2.45, 2.75) is 51.9 Å². The molecule has 0 saturated carbocycles. The van der Waals surface area contributed by atoms with Gasteiger partial charge in [0.1, 0.15) is 11.6 Å². The molecule has 0 bridgehead atoms. The van der Waals surface area contributed by atoms with E-state index < -0.39 is 0 Å². The first-order valence-corrected chi connectivity index (χ1v) is 11.9. The van der Waals surface area contributed by atoms with Crippen molar-refractivity contribution < 1.29 is 4.79 Å². The number of carbonyl (C=O) groups excluding carboxylic acids is 1. The van der Waals surface area contributed by atoms with Gasteiger partial charge < -0.3 is 26.2 Å². The molecule has 2 atom stereocenters. The summed E-state index contributed by atoms with van der Waals surface area (Å²) in [6.07, 6.45) is 8.87. The first kappa shape index (κ1) is 24.4. The molecule has 1 fully saturated rings. The van der Waals surface area contributed by atoms with Crippen molar-refractivity contribution in [3.8, 4) is 0 Å². The number of carbonyl (C=O) groups is 1. The minimum Gasteiger partial charge on any atom is -0.363 e. The number of anilines is 4. The van der Waals surface area contributed by atoms with Crippen molar-refractivity contribution in [1.82, 2.24) is 30.0 Å². The molecule has 0 radical (unpaired) electrons. The zero-order valence-electron chi connectivity index (χ0n) is 20.8. The van der Waals surface area contributed by atoms with Crippen LogP contribution in [-0.2, 0) is 13.1 Å². The molecule has 0 aliphatic carbocycles. The second kappa shape index (κ2) is 10.7. The quantitative estimate of drug-likeness (QED) is 0.446. The van der Waals surface area contributed by atoms with E-state index in [-0.39, 0.29) is 24.5 Å². The normalized spacial score (nSPS) is 17.8. The number of aromatic nitrogens is 5. The molecule has 1 amide bonds. The Morgan fingerprint density at radius 3 is 2.69 bits per heavy atom. The van der Waals surface area contributed by atoms with Crippen LogP contribution in [0.25, 0.3) is 0 Å². The maximum Gasteiger partial charge on any atom is 0.253 e. The zero-order valence-corrected chi connectivity index (χ0v) is 20.8. The van der Waals surface area contributed by atoms with Gasteiger partial charge in [0.15, 0.2) is 5.82 Å². The summed E-state index contributed by atoms with van der Waals surface area (Å²) in [7, 11) is 3.84. The molecular formula is C24H34N10O. The molecule has 0 spiro atoms. The lowest BCUT2D eigenvalue weighted by molar-refractivity contribution is 0.0930. The van der Waals surface area contributed by atoms with Crippen LogP contribution in [0.1, 0.15) is 42.7 Å². The highest BCUT2D eigenvalue weighted by Crippen LogP contribution is 2.26. The molecule has 4 rings (SSSR count). The molecule has 11 heteroatoms. The highest BCUT2D eigenvalue weighted by Gasteiger charge is 2.28. The van der Waals surface area contributed by atoms with Crippen molar-refractivity contribution >= 4 is 29.0 Å². The molecule has 11 nitrogen and oxygen atoms in total. The van der Waals surface area contributed by atoms with Gasteiger partial charge >= 0.3 is 0 Å². The maximum absolute atomic E-state index is 12.8. The van der Waals surface area contributed by atoms with Gasteiger partial charge in [0.25, 0.3) is 5.91 Å². The van der Waals surface area contributed by atoms with Crippen molar-refractivity contribution in [1.29, 1.82) is 0 Å². The standard InChI is InChI=1S/C24H34N10O/c1-5-33-14-19(12-28-33)29-23-20(10-25)26-13-22(31-23)34-15-18(8-6-16(34)2)30-24(35)17-7-9-21(27-11-17)32(3)4/h7,9,11-14,16,18H,5-6,8,10,15,25H2,1-4H3,(H,29,31)(H,30,35)/t16-,18+/m0/s1. The summed E-state index contributed by atoms with van der Waals surface area (Å²) >= 11 is 0. The number of hydrogen-bond donors (Lipinski definition) is 3. The summed E-state index contributed by atoms with van der Waals surface area (Å²) in [5.41, 5.74) is 7.98. The first-order chi connectivity index (χ1) is 16.9. The van der Waals surface area contributed by atoms with E-state index in [9.17, 15) is 4.79 Å². The van der Waals surface area contributed by atoms with Crippen molar-refractivity contribution in [2.75, 3.05) is 35.8 Å². The molecule has 186 valence electrons. The lowest BCUT2D eigenvalue weighted by Gasteiger charge is -2.39. The third kappa shape index (κ3) is 5.68. The number of nitrogens with one attached hydrogen (secondary N) is 2. The van der Waals surface area contributed by atoms with Gasteiger partial charge in [-0.15, -0.1) is 0 Å². The monoisotopic (exact) mass is 478 g/mol. The second-order valence-corrected chi connectivity index (χ2v) is 8.99. The van der Waals surface area contributed by atoms with Crippen LogP contribution in [0.5, 0.6) is 0 Å². The van der Waals surface area contributed by atoms with E-state index in [0.717, 1.165) is 36.7 Å². The summed E-state index contributed by atoms with van der Waals surface area (Å²) < 4.78 is 1.84. The number of piperidine rings is 1. The topological polar surface area (TPSA) is 130 Å². The van der Waals surface area contributed by atoms with Gasteiger partial charge in [-0.25, -0.2) is 9.97 Å². The molecule has 1 aliphatic heterocycles. The van der Waals surface area contributed by atoms with Gasteiger partial charge in [-0.1, -0.05) is 0 Å². The van der Waals surface area contributed by atoms with Crippen LogP contribution in [0.4, 0.5) is 23.1 Å². The summed E-state index contributed by atoms with van der Waals surface area (Å²) in [5.74, 6) is 2.05. The Bertz CT molecular complexity index is 1140. The highest BCUT2D eigenvalue weighted by molar-refractivity contribution is 5.94. The SMILES string of the molecule is CCn1cc(Nc2nc(N3C[C@H](NC(=O)c4ccc(N(C)C)nc4)CC[C@@H]3C)cnc2CN)cn1. The molecule has 3 aromatic heterocycles. The van der Waals surface area contributed by atoms with Gasteiger partial charge in [0.2, 0.25) is 0 Å². The number of pyridine rings is 1. The van der Waals surface area contributed by atoms with E-state index in [1.165, 1.54) is 0 Å². The number of hydrogen-bond acceptors (Lipinski definition) is 9. The molecular weight excluding hydrogens is 444 g/mol. The Kier molecular flexibility index (Phi) is 7.45. The van der Waals surface area contributed by atoms with E-state index in [0.29, 0.717) is 23.6 Å². The van der Waals surface area contributed by atoms with Crippen molar-refractivity contribution in [3.63, 3.8) is 0 Å². The lowest BCUT2D eigenvalue weighted by Crippen LogP contribution is -2.51. The molecule has 35 heavy (non-hydrogen) atoms. The second-order valence-electron chi connectivity index (χ2n) is 8.99. The zero-order chi connectivity index (χ0) is 24.9. The third-order valence-electron chi connectivity index (χ3n) is 6.23. The maximum atomic E-state index is 12.8. The van der Waals surface area contributed by atoms with E-state index >= 15 is 0 Å². The average molecular weight is 479 g/mol. The summed E-state index contributed by atoms with van der Waals surface area (Å²) in [5, 5.41) is 10.8. The fourth-order valence-corrected chi connectivity index (χ4v) is 4.13.